The Morgan fingerprint density at radius 3 is 2.54 bits per heavy atom. The summed E-state index contributed by atoms with van der Waals surface area (Å²) >= 11 is 0. The molecule has 26 heavy (non-hydrogen) atoms. The third kappa shape index (κ3) is 3.36. The van der Waals surface area contributed by atoms with Gasteiger partial charge in [0.05, 0.1) is 19.3 Å². The number of benzene rings is 2. The molecule has 0 radical (unpaired) electrons. The van der Waals surface area contributed by atoms with E-state index in [9.17, 15) is 9.59 Å². The fourth-order valence-electron chi connectivity index (χ4n) is 2.57. The number of carbonyl (C=O) groups excluding carboxylic acids is 2. The third-order valence-corrected chi connectivity index (χ3v) is 3.74. The molecular formula is C17H16N6O3. The van der Waals surface area contributed by atoms with Crippen LogP contribution in [0.15, 0.2) is 48.5 Å². The van der Waals surface area contributed by atoms with E-state index in [1.54, 1.807) is 18.2 Å². The second-order valence-corrected chi connectivity index (χ2v) is 5.35. The Morgan fingerprint density at radius 2 is 1.92 bits per heavy atom. The van der Waals surface area contributed by atoms with E-state index in [2.05, 4.69) is 20.6 Å². The number of nitrogens with zero attached hydrogens (tertiary/aromatic N) is 4. The molecule has 0 saturated carbocycles. The highest BCUT2D eigenvalue weighted by molar-refractivity contribution is 6.09. The Balaban J connectivity index is 2.12. The number of rotatable bonds is 6. The van der Waals surface area contributed by atoms with Gasteiger partial charge >= 0.3 is 0 Å². The summed E-state index contributed by atoms with van der Waals surface area (Å²) in [7, 11) is 1.43. The van der Waals surface area contributed by atoms with Crippen LogP contribution in [0.1, 0.15) is 26.5 Å². The van der Waals surface area contributed by atoms with Crippen LogP contribution in [0.4, 0.5) is 5.69 Å². The molecule has 1 heterocycles. The number of primary amides is 1. The van der Waals surface area contributed by atoms with Gasteiger partial charge in [-0.05, 0) is 28.1 Å². The third-order valence-electron chi connectivity index (χ3n) is 3.74. The molecular weight excluding hydrogens is 336 g/mol. The highest BCUT2D eigenvalue weighted by Crippen LogP contribution is 2.30. The number of hydrogen-bond donors (Lipinski definition) is 2. The lowest BCUT2D eigenvalue weighted by Crippen LogP contribution is -2.33. The number of carbonyl (C=O) groups is 2. The SMILES string of the molecule is COc1cccc(N(Cc2ccccc2)C(=O)c2nnn[nH]2)c1C(N)=O. The summed E-state index contributed by atoms with van der Waals surface area (Å²) in [5.74, 6) is -0.996. The van der Waals surface area contributed by atoms with E-state index >= 15 is 0 Å². The van der Waals surface area contributed by atoms with Gasteiger partial charge in [-0.1, -0.05) is 36.4 Å². The summed E-state index contributed by atoms with van der Waals surface area (Å²) in [6, 6.07) is 14.2. The molecule has 0 unspecified atom stereocenters. The van der Waals surface area contributed by atoms with Gasteiger partial charge in [0.2, 0.25) is 5.82 Å². The van der Waals surface area contributed by atoms with Crippen molar-refractivity contribution in [1.82, 2.24) is 20.6 Å². The van der Waals surface area contributed by atoms with Gasteiger partial charge in [-0.15, -0.1) is 5.10 Å². The van der Waals surface area contributed by atoms with Gasteiger partial charge in [-0.2, -0.15) is 0 Å². The quantitative estimate of drug-likeness (QED) is 0.685. The molecule has 0 saturated heterocycles. The van der Waals surface area contributed by atoms with Gasteiger partial charge in [0, 0.05) is 0 Å². The minimum atomic E-state index is -0.709. The Labute approximate surface area is 148 Å². The molecule has 0 spiro atoms. The molecule has 2 aromatic carbocycles. The highest BCUT2D eigenvalue weighted by Gasteiger charge is 2.26. The lowest BCUT2D eigenvalue weighted by Gasteiger charge is -2.24. The Hall–Kier alpha value is -3.75. The van der Waals surface area contributed by atoms with Gasteiger partial charge in [-0.25, -0.2) is 5.10 Å². The molecule has 0 bridgehead atoms. The van der Waals surface area contributed by atoms with Crippen LogP contribution in [0.2, 0.25) is 0 Å². The van der Waals surface area contributed by atoms with Gasteiger partial charge in [0.25, 0.3) is 11.8 Å². The molecule has 0 fully saturated rings. The van der Waals surface area contributed by atoms with Crippen molar-refractivity contribution in [2.75, 3.05) is 12.0 Å². The first-order valence-corrected chi connectivity index (χ1v) is 7.68. The molecule has 0 aliphatic rings. The Morgan fingerprint density at radius 1 is 1.15 bits per heavy atom. The number of H-pyrrole nitrogens is 1. The maximum absolute atomic E-state index is 12.9. The Kier molecular flexibility index (Phi) is 4.88. The van der Waals surface area contributed by atoms with Crippen LogP contribution in [-0.2, 0) is 6.54 Å². The molecule has 132 valence electrons. The molecule has 9 heteroatoms. The van der Waals surface area contributed by atoms with Crippen molar-refractivity contribution in [2.45, 2.75) is 6.54 Å². The number of aromatic nitrogens is 4. The van der Waals surface area contributed by atoms with Gasteiger partial charge in [0.1, 0.15) is 11.3 Å². The molecule has 1 aromatic heterocycles. The van der Waals surface area contributed by atoms with Crippen molar-refractivity contribution < 1.29 is 14.3 Å². The van der Waals surface area contributed by atoms with Gasteiger partial charge < -0.3 is 15.4 Å². The average Bonchev–Trinajstić information content (AvgIpc) is 3.20. The topological polar surface area (TPSA) is 127 Å². The van der Waals surface area contributed by atoms with Crippen LogP contribution >= 0.6 is 0 Å². The minimum absolute atomic E-state index is 0.0563. The number of hydrogen-bond acceptors (Lipinski definition) is 6. The van der Waals surface area contributed by atoms with Crippen LogP contribution < -0.4 is 15.4 Å². The standard InChI is InChI=1S/C17H16N6O3/c1-26-13-9-5-8-12(14(13)15(18)24)23(10-11-6-3-2-4-7-11)17(25)16-19-21-22-20-16/h2-9H,10H2,1H3,(H2,18,24)(H,19,20,21,22). The lowest BCUT2D eigenvalue weighted by atomic mass is 10.1. The van der Waals surface area contributed by atoms with Crippen LogP contribution in [0.25, 0.3) is 0 Å². The van der Waals surface area contributed by atoms with Crippen LogP contribution in [-0.4, -0.2) is 39.5 Å². The first-order chi connectivity index (χ1) is 12.6. The van der Waals surface area contributed by atoms with Gasteiger partial charge in [-0.3, -0.25) is 9.59 Å². The van der Waals surface area contributed by atoms with E-state index in [1.165, 1.54) is 12.0 Å². The fraction of sp³-hybridized carbons (Fsp3) is 0.118. The molecule has 2 amide bonds. The number of tetrazole rings is 1. The maximum atomic E-state index is 12.9. The van der Waals surface area contributed by atoms with Crippen molar-refractivity contribution in [3.05, 3.63) is 65.5 Å². The number of nitrogens with two attached hydrogens (primary N) is 1. The maximum Gasteiger partial charge on any atom is 0.297 e. The van der Waals surface area contributed by atoms with E-state index in [4.69, 9.17) is 10.5 Å². The van der Waals surface area contributed by atoms with Gasteiger partial charge in [0.15, 0.2) is 0 Å². The zero-order valence-electron chi connectivity index (χ0n) is 13.9. The van der Waals surface area contributed by atoms with E-state index < -0.39 is 11.8 Å². The first-order valence-electron chi connectivity index (χ1n) is 7.68. The summed E-state index contributed by atoms with van der Waals surface area (Å²) in [6.45, 7) is 0.188. The van der Waals surface area contributed by atoms with E-state index in [0.717, 1.165) is 5.56 Å². The van der Waals surface area contributed by atoms with Crippen LogP contribution in [0.3, 0.4) is 0 Å². The monoisotopic (exact) mass is 352 g/mol. The predicted octanol–water partition coefficient (Wildman–Crippen LogP) is 1.15. The second-order valence-electron chi connectivity index (χ2n) is 5.35. The number of methoxy groups -OCH3 is 1. The number of anilines is 1. The molecule has 3 aromatic rings. The average molecular weight is 352 g/mol. The predicted molar refractivity (Wildman–Crippen MR) is 92.6 cm³/mol. The number of aromatic amines is 1. The summed E-state index contributed by atoms with van der Waals surface area (Å²) in [4.78, 5) is 26.3. The Bertz CT molecular complexity index is 912. The molecule has 0 aliphatic carbocycles. The molecule has 3 N–H and O–H groups in total. The van der Waals surface area contributed by atoms with E-state index in [0.29, 0.717) is 5.69 Å². The molecule has 0 atom stereocenters. The van der Waals surface area contributed by atoms with Crippen molar-refractivity contribution >= 4 is 17.5 Å². The van der Waals surface area contributed by atoms with Crippen LogP contribution in [0.5, 0.6) is 5.75 Å². The number of nitrogens with one attached hydrogen (secondary N) is 1. The largest absolute Gasteiger partial charge is 0.496 e. The summed E-state index contributed by atoms with van der Waals surface area (Å²) in [5.41, 5.74) is 6.80. The number of ether oxygens (including phenoxy) is 1. The van der Waals surface area contributed by atoms with Crippen molar-refractivity contribution in [3.8, 4) is 5.75 Å². The van der Waals surface area contributed by atoms with E-state index in [1.807, 2.05) is 30.3 Å². The summed E-state index contributed by atoms with van der Waals surface area (Å²) in [5, 5.41) is 13.0. The van der Waals surface area contributed by atoms with Crippen LogP contribution in [0, 0.1) is 0 Å². The zero-order valence-corrected chi connectivity index (χ0v) is 13.9. The zero-order chi connectivity index (χ0) is 18.5. The summed E-state index contributed by atoms with van der Waals surface area (Å²) in [6.07, 6.45) is 0. The number of amides is 2. The van der Waals surface area contributed by atoms with Crippen molar-refractivity contribution in [2.24, 2.45) is 5.73 Å². The summed E-state index contributed by atoms with van der Waals surface area (Å²) < 4.78 is 5.23. The molecule has 0 aliphatic heterocycles. The minimum Gasteiger partial charge on any atom is -0.496 e. The first kappa shape index (κ1) is 17.1. The smallest absolute Gasteiger partial charge is 0.297 e. The van der Waals surface area contributed by atoms with Crippen molar-refractivity contribution in [1.29, 1.82) is 0 Å². The molecule has 3 rings (SSSR count). The molecule has 9 nitrogen and oxygen atoms in total. The fourth-order valence-corrected chi connectivity index (χ4v) is 2.57. The van der Waals surface area contributed by atoms with Crippen molar-refractivity contribution in [3.63, 3.8) is 0 Å². The normalized spacial score (nSPS) is 10.3. The second kappa shape index (κ2) is 7.43. The highest BCUT2D eigenvalue weighted by atomic mass is 16.5. The van der Waals surface area contributed by atoms with E-state index in [-0.39, 0.29) is 23.7 Å². The lowest BCUT2D eigenvalue weighted by molar-refractivity contribution is 0.0975.